The van der Waals surface area contributed by atoms with Crippen molar-refractivity contribution in [3.63, 3.8) is 0 Å². The maximum Gasteiger partial charge on any atom is 0.264 e. The Kier molecular flexibility index (Phi) is 7.97. The SMILES string of the molecule is Cc1ccc(S(=O)(=O)N(CC(=O)NCc2cccc(N3CCCC3=O)c2)c2ccc(C(C)C)cc2)cc1. The first-order valence-electron chi connectivity index (χ1n) is 12.5. The molecule has 0 unspecified atom stereocenters. The molecule has 1 N–H and O–H groups in total. The number of amides is 2. The van der Waals surface area contributed by atoms with Gasteiger partial charge in [-0.3, -0.25) is 13.9 Å². The Morgan fingerprint density at radius 3 is 2.35 bits per heavy atom. The fourth-order valence-electron chi connectivity index (χ4n) is 4.32. The normalized spacial score (nSPS) is 13.7. The van der Waals surface area contributed by atoms with Crippen molar-refractivity contribution in [2.24, 2.45) is 0 Å². The second kappa shape index (κ2) is 11.2. The molecular weight excluding hydrogens is 486 g/mol. The van der Waals surface area contributed by atoms with Gasteiger partial charge in [0, 0.05) is 25.2 Å². The van der Waals surface area contributed by atoms with Crippen LogP contribution in [0.15, 0.2) is 77.7 Å². The molecular formula is C29H33N3O4S. The summed E-state index contributed by atoms with van der Waals surface area (Å²) in [5, 5.41) is 2.84. The van der Waals surface area contributed by atoms with Gasteiger partial charge in [0.2, 0.25) is 11.8 Å². The van der Waals surface area contributed by atoms with Gasteiger partial charge in [0.25, 0.3) is 10.0 Å². The van der Waals surface area contributed by atoms with Gasteiger partial charge in [-0.1, -0.05) is 55.8 Å². The lowest BCUT2D eigenvalue weighted by atomic mass is 10.0. The van der Waals surface area contributed by atoms with Gasteiger partial charge in [-0.15, -0.1) is 0 Å². The van der Waals surface area contributed by atoms with Crippen molar-refractivity contribution in [3.8, 4) is 0 Å². The van der Waals surface area contributed by atoms with E-state index in [4.69, 9.17) is 0 Å². The molecule has 3 aromatic rings. The predicted octanol–water partition coefficient (Wildman–Crippen LogP) is 4.76. The summed E-state index contributed by atoms with van der Waals surface area (Å²) < 4.78 is 28.4. The van der Waals surface area contributed by atoms with Crippen LogP contribution < -0.4 is 14.5 Å². The van der Waals surface area contributed by atoms with E-state index in [9.17, 15) is 18.0 Å². The number of carbonyl (C=O) groups excluding carboxylic acids is 2. The Morgan fingerprint density at radius 1 is 1.03 bits per heavy atom. The highest BCUT2D eigenvalue weighted by Gasteiger charge is 2.27. The van der Waals surface area contributed by atoms with Crippen molar-refractivity contribution in [3.05, 3.63) is 89.5 Å². The smallest absolute Gasteiger partial charge is 0.264 e. The number of rotatable bonds is 9. The van der Waals surface area contributed by atoms with Crippen molar-refractivity contribution in [2.75, 3.05) is 22.3 Å². The predicted molar refractivity (Wildman–Crippen MR) is 146 cm³/mol. The topological polar surface area (TPSA) is 86.8 Å². The third kappa shape index (κ3) is 6.20. The van der Waals surface area contributed by atoms with Crippen LogP contribution in [0.3, 0.4) is 0 Å². The molecule has 2 amide bonds. The standard InChI is InChI=1S/C29H33N3O4S/c1-21(2)24-11-13-25(14-12-24)32(37(35,36)27-15-9-22(3)10-16-27)20-28(33)30-19-23-6-4-7-26(18-23)31-17-5-8-29(31)34/h4,6-7,9-16,18,21H,5,8,17,19-20H2,1-3H3,(H,30,33). The van der Waals surface area contributed by atoms with E-state index in [1.807, 2.05) is 43.3 Å². The Bertz CT molecular complexity index is 1370. The quantitative estimate of drug-likeness (QED) is 0.442. The van der Waals surface area contributed by atoms with E-state index >= 15 is 0 Å². The summed E-state index contributed by atoms with van der Waals surface area (Å²) >= 11 is 0. The molecule has 8 heteroatoms. The van der Waals surface area contributed by atoms with Gasteiger partial charge < -0.3 is 10.2 Å². The van der Waals surface area contributed by atoms with Crippen LogP contribution in [0.5, 0.6) is 0 Å². The Balaban J connectivity index is 1.53. The van der Waals surface area contributed by atoms with E-state index in [2.05, 4.69) is 19.2 Å². The molecule has 1 saturated heterocycles. The second-order valence-corrected chi connectivity index (χ2v) is 11.5. The first-order chi connectivity index (χ1) is 17.6. The van der Waals surface area contributed by atoms with E-state index < -0.39 is 15.9 Å². The summed E-state index contributed by atoms with van der Waals surface area (Å²) in [6.07, 6.45) is 1.38. The van der Waals surface area contributed by atoms with Gasteiger partial charge in [0.15, 0.2) is 0 Å². The third-order valence-electron chi connectivity index (χ3n) is 6.53. The van der Waals surface area contributed by atoms with Gasteiger partial charge >= 0.3 is 0 Å². The number of sulfonamides is 1. The fraction of sp³-hybridized carbons (Fsp3) is 0.310. The number of anilines is 2. The third-order valence-corrected chi connectivity index (χ3v) is 8.32. The molecule has 0 radical (unpaired) electrons. The molecule has 0 aromatic heterocycles. The molecule has 1 aliphatic heterocycles. The van der Waals surface area contributed by atoms with E-state index in [-0.39, 0.29) is 23.9 Å². The van der Waals surface area contributed by atoms with Gasteiger partial charge in [0.1, 0.15) is 6.54 Å². The van der Waals surface area contributed by atoms with Crippen LogP contribution in [0, 0.1) is 6.92 Å². The lowest BCUT2D eigenvalue weighted by Crippen LogP contribution is -2.40. The molecule has 194 valence electrons. The maximum atomic E-state index is 13.6. The fourth-order valence-corrected chi connectivity index (χ4v) is 5.74. The first-order valence-corrected chi connectivity index (χ1v) is 13.9. The summed E-state index contributed by atoms with van der Waals surface area (Å²) in [5.74, 6) is -0.0287. The van der Waals surface area contributed by atoms with Crippen molar-refractivity contribution in [2.45, 2.75) is 51.0 Å². The average molecular weight is 520 g/mol. The minimum Gasteiger partial charge on any atom is -0.350 e. The van der Waals surface area contributed by atoms with Gasteiger partial charge in [-0.25, -0.2) is 8.42 Å². The van der Waals surface area contributed by atoms with E-state index in [1.165, 1.54) is 0 Å². The van der Waals surface area contributed by atoms with Crippen molar-refractivity contribution < 1.29 is 18.0 Å². The number of hydrogen-bond donors (Lipinski definition) is 1. The molecule has 0 atom stereocenters. The molecule has 3 aromatic carbocycles. The summed E-state index contributed by atoms with van der Waals surface area (Å²) in [5.41, 5.74) is 4.09. The van der Waals surface area contributed by atoms with Gasteiger partial charge in [0.05, 0.1) is 10.6 Å². The molecule has 4 rings (SSSR count). The summed E-state index contributed by atoms with van der Waals surface area (Å²) in [6.45, 7) is 6.58. The average Bonchev–Trinajstić information content (AvgIpc) is 3.32. The monoisotopic (exact) mass is 519 g/mol. The highest BCUT2D eigenvalue weighted by atomic mass is 32.2. The van der Waals surface area contributed by atoms with Crippen molar-refractivity contribution in [1.82, 2.24) is 5.32 Å². The number of benzene rings is 3. The van der Waals surface area contributed by atoms with Crippen molar-refractivity contribution in [1.29, 1.82) is 0 Å². The Morgan fingerprint density at radius 2 is 1.73 bits per heavy atom. The molecule has 7 nitrogen and oxygen atoms in total. The minimum atomic E-state index is -3.98. The molecule has 0 bridgehead atoms. The minimum absolute atomic E-state index is 0.0987. The Labute approximate surface area is 219 Å². The zero-order valence-corrected chi connectivity index (χ0v) is 22.3. The maximum absolute atomic E-state index is 13.6. The Hall–Kier alpha value is -3.65. The lowest BCUT2D eigenvalue weighted by Gasteiger charge is -2.25. The number of hydrogen-bond acceptors (Lipinski definition) is 4. The number of nitrogens with one attached hydrogen (secondary N) is 1. The summed E-state index contributed by atoms with van der Waals surface area (Å²) in [4.78, 5) is 27.0. The van der Waals surface area contributed by atoms with E-state index in [0.29, 0.717) is 24.6 Å². The summed E-state index contributed by atoms with van der Waals surface area (Å²) in [7, 11) is -3.98. The zero-order chi connectivity index (χ0) is 26.6. The van der Waals surface area contributed by atoms with Crippen LogP contribution in [-0.4, -0.2) is 33.3 Å². The first kappa shape index (κ1) is 26.4. The molecule has 0 spiro atoms. The number of carbonyl (C=O) groups is 2. The van der Waals surface area contributed by atoms with Crippen LogP contribution in [0.25, 0.3) is 0 Å². The van der Waals surface area contributed by atoms with E-state index in [1.54, 1.807) is 41.3 Å². The number of aryl methyl sites for hydroxylation is 1. The highest BCUT2D eigenvalue weighted by molar-refractivity contribution is 7.92. The molecule has 0 aliphatic carbocycles. The van der Waals surface area contributed by atoms with Crippen molar-refractivity contribution >= 4 is 33.2 Å². The molecule has 1 aliphatic rings. The van der Waals surface area contributed by atoms with Gasteiger partial charge in [-0.2, -0.15) is 0 Å². The largest absolute Gasteiger partial charge is 0.350 e. The van der Waals surface area contributed by atoms with Crippen LogP contribution in [0.4, 0.5) is 11.4 Å². The number of nitrogens with zero attached hydrogens (tertiary/aromatic N) is 2. The van der Waals surface area contributed by atoms with Crippen LogP contribution in [0.1, 0.15) is 49.3 Å². The molecule has 1 fully saturated rings. The second-order valence-electron chi connectivity index (χ2n) is 9.67. The zero-order valence-electron chi connectivity index (χ0n) is 21.5. The van der Waals surface area contributed by atoms with Crippen LogP contribution >= 0.6 is 0 Å². The molecule has 0 saturated carbocycles. The molecule has 37 heavy (non-hydrogen) atoms. The van der Waals surface area contributed by atoms with Crippen LogP contribution in [0.2, 0.25) is 0 Å². The van der Waals surface area contributed by atoms with Crippen LogP contribution in [-0.2, 0) is 26.2 Å². The highest BCUT2D eigenvalue weighted by Crippen LogP contribution is 2.26. The summed E-state index contributed by atoms with van der Waals surface area (Å²) in [6, 6.07) is 21.3. The molecule has 1 heterocycles. The van der Waals surface area contributed by atoms with E-state index in [0.717, 1.165) is 33.1 Å². The lowest BCUT2D eigenvalue weighted by molar-refractivity contribution is -0.120. The van der Waals surface area contributed by atoms with Gasteiger partial charge in [-0.05, 0) is 66.8 Å².